The van der Waals surface area contributed by atoms with Crippen LogP contribution in [-0.2, 0) is 0 Å². The standard InChI is InChI=1S/C16H27ClN4/c1-5-8-21(15-12-18-11-14(17)19-15)13-6-9-20(10-7-13)16(2,3)4/h11-13H,5-10H2,1-4H3. The van der Waals surface area contributed by atoms with Gasteiger partial charge in [0, 0.05) is 31.2 Å². The Morgan fingerprint density at radius 3 is 2.48 bits per heavy atom. The topological polar surface area (TPSA) is 32.3 Å². The Kier molecular flexibility index (Phi) is 5.44. The Morgan fingerprint density at radius 1 is 1.29 bits per heavy atom. The van der Waals surface area contributed by atoms with Gasteiger partial charge in [0.2, 0.25) is 0 Å². The summed E-state index contributed by atoms with van der Waals surface area (Å²) in [6.45, 7) is 12.4. The molecule has 4 nitrogen and oxygen atoms in total. The maximum absolute atomic E-state index is 6.00. The van der Waals surface area contributed by atoms with E-state index >= 15 is 0 Å². The SMILES string of the molecule is CCCN(c1cncc(Cl)n1)C1CCN(C(C)(C)C)CC1. The summed E-state index contributed by atoms with van der Waals surface area (Å²) in [5.41, 5.74) is 0.260. The monoisotopic (exact) mass is 310 g/mol. The molecule has 0 aromatic carbocycles. The van der Waals surface area contributed by atoms with Crippen LogP contribution in [0.25, 0.3) is 0 Å². The zero-order chi connectivity index (χ0) is 15.5. The third kappa shape index (κ3) is 4.30. The summed E-state index contributed by atoms with van der Waals surface area (Å²) in [5.74, 6) is 0.915. The molecule has 1 fully saturated rings. The maximum Gasteiger partial charge on any atom is 0.149 e. The molecular formula is C16H27ClN4. The number of hydrogen-bond acceptors (Lipinski definition) is 4. The van der Waals surface area contributed by atoms with Crippen LogP contribution in [0.2, 0.25) is 5.15 Å². The molecule has 0 spiro atoms. The van der Waals surface area contributed by atoms with E-state index < -0.39 is 0 Å². The molecule has 118 valence electrons. The predicted molar refractivity (Wildman–Crippen MR) is 89.0 cm³/mol. The number of halogens is 1. The van der Waals surface area contributed by atoms with Gasteiger partial charge in [-0.25, -0.2) is 4.98 Å². The van der Waals surface area contributed by atoms with Gasteiger partial charge in [-0.15, -0.1) is 0 Å². The molecule has 21 heavy (non-hydrogen) atoms. The quantitative estimate of drug-likeness (QED) is 0.850. The number of rotatable bonds is 4. The van der Waals surface area contributed by atoms with Crippen molar-refractivity contribution in [1.29, 1.82) is 0 Å². The van der Waals surface area contributed by atoms with Crippen molar-refractivity contribution >= 4 is 17.4 Å². The van der Waals surface area contributed by atoms with E-state index in [4.69, 9.17) is 11.6 Å². The van der Waals surface area contributed by atoms with Gasteiger partial charge in [0.05, 0.1) is 12.4 Å². The molecular weight excluding hydrogens is 284 g/mol. The first kappa shape index (κ1) is 16.5. The molecule has 0 aliphatic carbocycles. The Hall–Kier alpha value is -0.870. The van der Waals surface area contributed by atoms with Gasteiger partial charge < -0.3 is 4.90 Å². The minimum absolute atomic E-state index is 0.260. The van der Waals surface area contributed by atoms with E-state index in [1.54, 1.807) is 6.20 Å². The van der Waals surface area contributed by atoms with Gasteiger partial charge in [0.25, 0.3) is 0 Å². The fourth-order valence-corrected chi connectivity index (χ4v) is 3.19. The molecule has 2 heterocycles. The highest BCUT2D eigenvalue weighted by atomic mass is 35.5. The number of aromatic nitrogens is 2. The molecule has 0 radical (unpaired) electrons. The van der Waals surface area contributed by atoms with E-state index in [9.17, 15) is 0 Å². The second kappa shape index (κ2) is 6.93. The van der Waals surface area contributed by atoms with Crippen LogP contribution in [0.4, 0.5) is 5.82 Å². The predicted octanol–water partition coefficient (Wildman–Crippen LogP) is 3.61. The first-order chi connectivity index (χ1) is 9.91. The number of nitrogens with zero attached hydrogens (tertiary/aromatic N) is 4. The normalized spacial score (nSPS) is 18.0. The van der Waals surface area contributed by atoms with E-state index in [0.29, 0.717) is 11.2 Å². The highest BCUT2D eigenvalue weighted by molar-refractivity contribution is 6.29. The highest BCUT2D eigenvalue weighted by Crippen LogP contribution is 2.26. The average Bonchev–Trinajstić information content (AvgIpc) is 2.44. The summed E-state index contributed by atoms with van der Waals surface area (Å²) in [7, 11) is 0. The molecule has 1 aromatic heterocycles. The van der Waals surface area contributed by atoms with Gasteiger partial charge in [0.1, 0.15) is 11.0 Å². The zero-order valence-corrected chi connectivity index (χ0v) is 14.4. The highest BCUT2D eigenvalue weighted by Gasteiger charge is 2.30. The molecule has 0 unspecified atom stereocenters. The molecule has 1 saturated heterocycles. The van der Waals surface area contributed by atoms with Crippen LogP contribution in [0.3, 0.4) is 0 Å². The lowest BCUT2D eigenvalue weighted by Crippen LogP contribution is -2.51. The number of piperidine rings is 1. The van der Waals surface area contributed by atoms with Crippen LogP contribution >= 0.6 is 11.6 Å². The fourth-order valence-electron chi connectivity index (χ4n) is 3.04. The van der Waals surface area contributed by atoms with Crippen LogP contribution in [0.5, 0.6) is 0 Å². The largest absolute Gasteiger partial charge is 0.352 e. The molecule has 1 aromatic rings. The van der Waals surface area contributed by atoms with Gasteiger partial charge >= 0.3 is 0 Å². The third-order valence-electron chi connectivity index (χ3n) is 4.21. The van der Waals surface area contributed by atoms with Crippen molar-refractivity contribution in [1.82, 2.24) is 14.9 Å². The molecule has 0 bridgehead atoms. The fraction of sp³-hybridized carbons (Fsp3) is 0.750. The van der Waals surface area contributed by atoms with Crippen molar-refractivity contribution in [3.63, 3.8) is 0 Å². The molecule has 0 saturated carbocycles. The Bertz CT molecular complexity index is 450. The molecule has 2 rings (SSSR count). The number of anilines is 1. The lowest BCUT2D eigenvalue weighted by molar-refractivity contribution is 0.101. The summed E-state index contributed by atoms with van der Waals surface area (Å²) in [6, 6.07) is 0.538. The molecule has 5 heteroatoms. The summed E-state index contributed by atoms with van der Waals surface area (Å²) in [5, 5.41) is 0.473. The van der Waals surface area contributed by atoms with Crippen LogP contribution in [-0.4, -0.2) is 46.1 Å². The summed E-state index contributed by atoms with van der Waals surface area (Å²) >= 11 is 6.00. The van der Waals surface area contributed by atoms with E-state index in [2.05, 4.69) is 47.5 Å². The van der Waals surface area contributed by atoms with Crippen molar-refractivity contribution in [2.24, 2.45) is 0 Å². The summed E-state index contributed by atoms with van der Waals surface area (Å²) < 4.78 is 0. The van der Waals surface area contributed by atoms with Gasteiger partial charge in [-0.2, -0.15) is 0 Å². The van der Waals surface area contributed by atoms with Crippen LogP contribution in [0.15, 0.2) is 12.4 Å². The van der Waals surface area contributed by atoms with Crippen molar-refractivity contribution < 1.29 is 0 Å². The van der Waals surface area contributed by atoms with Crippen molar-refractivity contribution in [2.75, 3.05) is 24.5 Å². The second-order valence-electron chi connectivity index (χ2n) is 6.78. The Balaban J connectivity index is 2.07. The molecule has 0 amide bonds. The van der Waals surface area contributed by atoms with Gasteiger partial charge in [0.15, 0.2) is 0 Å². The van der Waals surface area contributed by atoms with E-state index in [1.807, 2.05) is 6.20 Å². The van der Waals surface area contributed by atoms with Crippen LogP contribution < -0.4 is 4.90 Å². The molecule has 1 aliphatic heterocycles. The second-order valence-corrected chi connectivity index (χ2v) is 7.17. The zero-order valence-electron chi connectivity index (χ0n) is 13.6. The van der Waals surface area contributed by atoms with Gasteiger partial charge in [-0.3, -0.25) is 9.88 Å². The number of likely N-dealkylation sites (tertiary alicyclic amines) is 1. The third-order valence-corrected chi connectivity index (χ3v) is 4.39. The van der Waals surface area contributed by atoms with E-state index in [1.165, 1.54) is 12.8 Å². The summed E-state index contributed by atoms with van der Waals surface area (Å²) in [4.78, 5) is 13.6. The molecule has 1 aliphatic rings. The van der Waals surface area contributed by atoms with Crippen LogP contribution in [0.1, 0.15) is 47.0 Å². The minimum Gasteiger partial charge on any atom is -0.352 e. The van der Waals surface area contributed by atoms with E-state index in [0.717, 1.165) is 31.9 Å². The first-order valence-electron chi connectivity index (χ1n) is 7.91. The minimum atomic E-state index is 0.260. The van der Waals surface area contributed by atoms with Gasteiger partial charge in [-0.1, -0.05) is 18.5 Å². The maximum atomic E-state index is 6.00. The molecule has 0 N–H and O–H groups in total. The number of hydrogen-bond donors (Lipinski definition) is 0. The van der Waals surface area contributed by atoms with E-state index in [-0.39, 0.29) is 5.54 Å². The lowest BCUT2D eigenvalue weighted by Gasteiger charge is -2.44. The lowest BCUT2D eigenvalue weighted by atomic mass is 9.97. The first-order valence-corrected chi connectivity index (χ1v) is 8.29. The van der Waals surface area contributed by atoms with Crippen LogP contribution in [0, 0.1) is 0 Å². The van der Waals surface area contributed by atoms with Crippen molar-refractivity contribution in [3.05, 3.63) is 17.5 Å². The molecule has 0 atom stereocenters. The van der Waals surface area contributed by atoms with Gasteiger partial charge in [-0.05, 0) is 40.0 Å². The Morgan fingerprint density at radius 2 is 1.95 bits per heavy atom. The van der Waals surface area contributed by atoms with Crippen molar-refractivity contribution in [3.8, 4) is 0 Å². The average molecular weight is 311 g/mol. The summed E-state index contributed by atoms with van der Waals surface area (Å²) in [6.07, 6.45) is 6.87. The Labute approximate surface area is 133 Å². The smallest absolute Gasteiger partial charge is 0.149 e. The van der Waals surface area contributed by atoms with Crippen molar-refractivity contribution in [2.45, 2.75) is 58.5 Å².